The minimum absolute atomic E-state index is 0.693. The molecule has 1 heterocycles. The first-order chi connectivity index (χ1) is 6.36. The van der Waals surface area contributed by atoms with Gasteiger partial charge in [-0.1, -0.05) is 30.3 Å². The second-order valence-electron chi connectivity index (χ2n) is 2.67. The fourth-order valence-electron chi connectivity index (χ4n) is 1.13. The molecule has 0 aliphatic carbocycles. The lowest BCUT2D eigenvalue weighted by molar-refractivity contribution is -0.605. The van der Waals surface area contributed by atoms with E-state index in [1.807, 2.05) is 30.3 Å². The van der Waals surface area contributed by atoms with Crippen LogP contribution < -0.4 is 4.73 Å². The third kappa shape index (κ3) is 1.64. The summed E-state index contributed by atoms with van der Waals surface area (Å²) in [7, 11) is 0. The highest BCUT2D eigenvalue weighted by Crippen LogP contribution is 2.12. The number of hydrogen-bond donors (Lipinski definition) is 0. The predicted octanol–water partition coefficient (Wildman–Crippen LogP) is 1.38. The summed E-state index contributed by atoms with van der Waals surface area (Å²) in [5, 5.41) is 10.9. The van der Waals surface area contributed by atoms with Crippen molar-refractivity contribution >= 4 is 0 Å². The van der Waals surface area contributed by atoms with Gasteiger partial charge in [-0.25, -0.2) is 4.98 Å². The van der Waals surface area contributed by atoms with Gasteiger partial charge in [-0.2, -0.15) is 4.73 Å². The largest absolute Gasteiger partial charge is 0.619 e. The first-order valence-corrected chi connectivity index (χ1v) is 3.96. The second kappa shape index (κ2) is 3.23. The molecule has 0 saturated carbocycles. The summed E-state index contributed by atoms with van der Waals surface area (Å²) in [6.07, 6.45) is 4.32. The molecular formula is C10H8N2O. The van der Waals surface area contributed by atoms with Crippen molar-refractivity contribution < 1.29 is 4.73 Å². The average molecular weight is 172 g/mol. The Labute approximate surface area is 75.9 Å². The van der Waals surface area contributed by atoms with E-state index in [-0.39, 0.29) is 0 Å². The van der Waals surface area contributed by atoms with Gasteiger partial charge in [0.25, 0.3) is 0 Å². The lowest BCUT2D eigenvalue weighted by atomic mass is 10.2. The van der Waals surface area contributed by atoms with Crippen molar-refractivity contribution in [2.75, 3.05) is 0 Å². The van der Waals surface area contributed by atoms with Crippen LogP contribution in [0.2, 0.25) is 0 Å². The molecule has 0 radical (unpaired) electrons. The van der Waals surface area contributed by atoms with Gasteiger partial charge in [0, 0.05) is 5.56 Å². The van der Waals surface area contributed by atoms with Crippen LogP contribution in [0.25, 0.3) is 11.3 Å². The van der Waals surface area contributed by atoms with Gasteiger partial charge < -0.3 is 5.21 Å². The zero-order valence-electron chi connectivity index (χ0n) is 6.92. The van der Waals surface area contributed by atoms with Gasteiger partial charge in [0.05, 0.1) is 6.20 Å². The summed E-state index contributed by atoms with van der Waals surface area (Å²) < 4.78 is 0.745. The number of nitrogens with zero attached hydrogens (tertiary/aromatic N) is 2. The van der Waals surface area contributed by atoms with Gasteiger partial charge in [-0.3, -0.25) is 0 Å². The van der Waals surface area contributed by atoms with Gasteiger partial charge in [-0.15, -0.1) is 0 Å². The molecule has 0 fully saturated rings. The Hall–Kier alpha value is -1.90. The van der Waals surface area contributed by atoms with E-state index in [2.05, 4.69) is 4.98 Å². The number of hydrogen-bond acceptors (Lipinski definition) is 2. The molecule has 0 aliphatic rings. The standard InChI is InChI=1S/C10H8N2O/c13-12-7-6-11-10(8-12)9-4-2-1-3-5-9/h1-8H. The van der Waals surface area contributed by atoms with E-state index >= 15 is 0 Å². The van der Waals surface area contributed by atoms with E-state index in [4.69, 9.17) is 0 Å². The summed E-state index contributed by atoms with van der Waals surface area (Å²) in [5.41, 5.74) is 1.64. The molecule has 13 heavy (non-hydrogen) atoms. The Balaban J connectivity index is 2.48. The summed E-state index contributed by atoms with van der Waals surface area (Å²) in [6, 6.07) is 9.60. The number of rotatable bonds is 1. The topological polar surface area (TPSA) is 39.8 Å². The summed E-state index contributed by atoms with van der Waals surface area (Å²) >= 11 is 0. The average Bonchev–Trinajstić information content (AvgIpc) is 2.19. The van der Waals surface area contributed by atoms with Crippen LogP contribution in [0.5, 0.6) is 0 Å². The van der Waals surface area contributed by atoms with Crippen LogP contribution >= 0.6 is 0 Å². The molecule has 0 saturated heterocycles. The normalized spacial score (nSPS) is 9.85. The van der Waals surface area contributed by atoms with Gasteiger partial charge in [-0.05, 0) is 0 Å². The van der Waals surface area contributed by atoms with Crippen LogP contribution in [0.1, 0.15) is 0 Å². The third-order valence-electron chi connectivity index (χ3n) is 1.75. The smallest absolute Gasteiger partial charge is 0.206 e. The van der Waals surface area contributed by atoms with E-state index in [9.17, 15) is 5.21 Å². The van der Waals surface area contributed by atoms with Crippen LogP contribution in [0.3, 0.4) is 0 Å². The van der Waals surface area contributed by atoms with Crippen LogP contribution in [0, 0.1) is 5.21 Å². The molecule has 0 spiro atoms. The molecule has 0 bridgehead atoms. The van der Waals surface area contributed by atoms with Crippen molar-refractivity contribution in [2.24, 2.45) is 0 Å². The van der Waals surface area contributed by atoms with Crippen LogP contribution in [0.15, 0.2) is 48.9 Å². The molecular weight excluding hydrogens is 164 g/mol. The maximum atomic E-state index is 10.9. The van der Waals surface area contributed by atoms with E-state index in [0.29, 0.717) is 5.69 Å². The monoisotopic (exact) mass is 172 g/mol. The molecule has 1 aromatic heterocycles. The van der Waals surface area contributed by atoms with Crippen molar-refractivity contribution in [3.63, 3.8) is 0 Å². The Morgan fingerprint density at radius 1 is 1.15 bits per heavy atom. The third-order valence-corrected chi connectivity index (χ3v) is 1.75. The maximum absolute atomic E-state index is 10.9. The van der Waals surface area contributed by atoms with Crippen molar-refractivity contribution in [3.05, 3.63) is 54.1 Å². The molecule has 0 unspecified atom stereocenters. The van der Waals surface area contributed by atoms with Gasteiger partial charge in [0.15, 0.2) is 6.20 Å². The lowest BCUT2D eigenvalue weighted by Gasteiger charge is -1.99. The summed E-state index contributed by atoms with van der Waals surface area (Å²) in [5.74, 6) is 0. The van der Waals surface area contributed by atoms with Crippen molar-refractivity contribution in [1.82, 2.24) is 4.98 Å². The molecule has 3 nitrogen and oxygen atoms in total. The minimum Gasteiger partial charge on any atom is -0.619 e. The SMILES string of the molecule is [O-][n+]1ccnc(-c2ccccc2)c1. The Kier molecular flexibility index (Phi) is 1.92. The van der Waals surface area contributed by atoms with Gasteiger partial charge in [0.1, 0.15) is 5.69 Å². The Morgan fingerprint density at radius 2 is 1.92 bits per heavy atom. The van der Waals surface area contributed by atoms with Gasteiger partial charge >= 0.3 is 0 Å². The van der Waals surface area contributed by atoms with E-state index < -0.39 is 0 Å². The fourth-order valence-corrected chi connectivity index (χ4v) is 1.13. The molecule has 0 N–H and O–H groups in total. The highest BCUT2D eigenvalue weighted by atomic mass is 16.5. The molecule has 2 aromatic rings. The molecule has 0 atom stereocenters. The molecule has 3 heteroatoms. The molecule has 2 rings (SSSR count). The molecule has 64 valence electrons. The highest BCUT2D eigenvalue weighted by molar-refractivity contribution is 5.56. The fraction of sp³-hybridized carbons (Fsp3) is 0. The predicted molar refractivity (Wildman–Crippen MR) is 48.6 cm³/mol. The number of aromatic nitrogens is 2. The van der Waals surface area contributed by atoms with Crippen molar-refractivity contribution in [1.29, 1.82) is 0 Å². The van der Waals surface area contributed by atoms with Crippen molar-refractivity contribution in [2.45, 2.75) is 0 Å². The first-order valence-electron chi connectivity index (χ1n) is 3.96. The highest BCUT2D eigenvalue weighted by Gasteiger charge is 2.00. The van der Waals surface area contributed by atoms with E-state index in [1.165, 1.54) is 18.6 Å². The molecule has 0 amide bonds. The minimum atomic E-state index is 0.693. The van der Waals surface area contributed by atoms with E-state index in [1.54, 1.807) is 0 Å². The Morgan fingerprint density at radius 3 is 2.62 bits per heavy atom. The molecule has 0 aliphatic heterocycles. The zero-order chi connectivity index (χ0) is 9.10. The summed E-state index contributed by atoms with van der Waals surface area (Å²) in [4.78, 5) is 4.09. The second-order valence-corrected chi connectivity index (χ2v) is 2.67. The van der Waals surface area contributed by atoms with Crippen LogP contribution in [-0.4, -0.2) is 4.98 Å². The number of benzene rings is 1. The summed E-state index contributed by atoms with van der Waals surface area (Å²) in [6.45, 7) is 0. The Bertz CT molecular complexity index is 401. The van der Waals surface area contributed by atoms with Gasteiger partial charge in [0.2, 0.25) is 6.20 Å². The lowest BCUT2D eigenvalue weighted by Crippen LogP contribution is -2.24. The van der Waals surface area contributed by atoms with Crippen LogP contribution in [0.4, 0.5) is 0 Å². The first kappa shape index (κ1) is 7.73. The van der Waals surface area contributed by atoms with E-state index in [0.717, 1.165) is 10.3 Å². The quantitative estimate of drug-likeness (QED) is 0.481. The maximum Gasteiger partial charge on any atom is 0.206 e. The van der Waals surface area contributed by atoms with Crippen LogP contribution in [-0.2, 0) is 0 Å². The molecule has 1 aromatic carbocycles. The zero-order valence-corrected chi connectivity index (χ0v) is 6.92. The van der Waals surface area contributed by atoms with Crippen molar-refractivity contribution in [3.8, 4) is 11.3 Å².